The maximum Gasteiger partial charge on any atom is 0.416 e. The van der Waals surface area contributed by atoms with Gasteiger partial charge in [-0.1, -0.05) is 12.1 Å². The molecule has 0 aliphatic carbocycles. The average Bonchev–Trinajstić information content (AvgIpc) is 2.52. The molecule has 0 bridgehead atoms. The second-order valence-corrected chi connectivity index (χ2v) is 4.66. The fourth-order valence-electron chi connectivity index (χ4n) is 1.78. The third-order valence-electron chi connectivity index (χ3n) is 2.98. The quantitative estimate of drug-likeness (QED) is 0.867. The second kappa shape index (κ2) is 6.57. The molecule has 2 rings (SSSR count). The second-order valence-electron chi connectivity index (χ2n) is 4.66. The summed E-state index contributed by atoms with van der Waals surface area (Å²) in [5.74, 6) is -3.03. The van der Waals surface area contributed by atoms with Gasteiger partial charge in [-0.2, -0.15) is 13.2 Å². The van der Waals surface area contributed by atoms with Gasteiger partial charge in [-0.15, -0.1) is 0 Å². The number of carboxylic acids is 2. The fourth-order valence-corrected chi connectivity index (χ4v) is 1.78. The number of rotatable bonds is 5. The molecular formula is C15H10F3NO5. The minimum atomic E-state index is -4.46. The van der Waals surface area contributed by atoms with E-state index in [1.807, 2.05) is 0 Å². The Morgan fingerprint density at radius 2 is 1.71 bits per heavy atom. The molecular weight excluding hydrogens is 331 g/mol. The van der Waals surface area contributed by atoms with Crippen LogP contribution in [0.2, 0.25) is 0 Å². The number of aromatic nitrogens is 1. The van der Waals surface area contributed by atoms with Gasteiger partial charge in [0.25, 0.3) is 0 Å². The monoisotopic (exact) mass is 341 g/mol. The molecule has 24 heavy (non-hydrogen) atoms. The SMILES string of the molecule is O=C(O)c1cnc(C(=O)O)c(OCc2ccc(C(F)(F)F)cc2)c1. The zero-order chi connectivity index (χ0) is 17.9. The standard InChI is InChI=1S/C15H10F3NO5/c16-15(17,18)10-3-1-8(2-4-10)7-24-11-5-9(13(20)21)6-19-12(11)14(22)23/h1-6H,7H2,(H,20,21)(H,22,23). The van der Waals surface area contributed by atoms with Crippen LogP contribution in [-0.2, 0) is 12.8 Å². The highest BCUT2D eigenvalue weighted by atomic mass is 19.4. The van der Waals surface area contributed by atoms with Crippen molar-refractivity contribution in [2.24, 2.45) is 0 Å². The number of alkyl halides is 3. The van der Waals surface area contributed by atoms with Crippen molar-refractivity contribution in [1.29, 1.82) is 0 Å². The lowest BCUT2D eigenvalue weighted by atomic mass is 10.1. The highest BCUT2D eigenvalue weighted by molar-refractivity contribution is 5.92. The molecule has 0 radical (unpaired) electrons. The van der Waals surface area contributed by atoms with Gasteiger partial charge in [-0.25, -0.2) is 14.6 Å². The minimum Gasteiger partial charge on any atom is -0.486 e. The Morgan fingerprint density at radius 3 is 2.21 bits per heavy atom. The van der Waals surface area contributed by atoms with E-state index in [-0.39, 0.29) is 17.9 Å². The van der Waals surface area contributed by atoms with Crippen LogP contribution in [0.1, 0.15) is 32.0 Å². The van der Waals surface area contributed by atoms with Gasteiger partial charge in [-0.05, 0) is 23.8 Å². The van der Waals surface area contributed by atoms with Gasteiger partial charge in [0, 0.05) is 6.20 Å². The van der Waals surface area contributed by atoms with Crippen LogP contribution >= 0.6 is 0 Å². The van der Waals surface area contributed by atoms with Gasteiger partial charge in [0.05, 0.1) is 11.1 Å². The van der Waals surface area contributed by atoms with E-state index < -0.39 is 29.4 Å². The lowest BCUT2D eigenvalue weighted by Gasteiger charge is -2.11. The van der Waals surface area contributed by atoms with E-state index in [1.165, 1.54) is 12.1 Å². The Labute approximate surface area is 133 Å². The molecule has 0 aliphatic rings. The van der Waals surface area contributed by atoms with Crippen molar-refractivity contribution < 1.29 is 37.7 Å². The molecule has 0 saturated heterocycles. The summed E-state index contributed by atoms with van der Waals surface area (Å²) in [6.07, 6.45) is -3.59. The van der Waals surface area contributed by atoms with Crippen molar-refractivity contribution in [1.82, 2.24) is 4.98 Å². The Hall–Kier alpha value is -3.10. The molecule has 0 fully saturated rings. The molecule has 1 aromatic heterocycles. The van der Waals surface area contributed by atoms with Gasteiger partial charge < -0.3 is 14.9 Å². The number of hydrogen-bond donors (Lipinski definition) is 2. The topological polar surface area (TPSA) is 96.7 Å². The highest BCUT2D eigenvalue weighted by Gasteiger charge is 2.29. The third kappa shape index (κ3) is 4.00. The molecule has 0 spiro atoms. The minimum absolute atomic E-state index is 0.247. The van der Waals surface area contributed by atoms with E-state index in [4.69, 9.17) is 14.9 Å². The number of aromatic carboxylic acids is 2. The molecule has 0 atom stereocenters. The zero-order valence-corrected chi connectivity index (χ0v) is 11.9. The van der Waals surface area contributed by atoms with Gasteiger partial charge >= 0.3 is 18.1 Å². The van der Waals surface area contributed by atoms with Crippen LogP contribution in [-0.4, -0.2) is 27.1 Å². The van der Waals surface area contributed by atoms with Crippen molar-refractivity contribution in [3.63, 3.8) is 0 Å². The summed E-state index contributed by atoms with van der Waals surface area (Å²) >= 11 is 0. The van der Waals surface area contributed by atoms with Crippen molar-refractivity contribution >= 4 is 11.9 Å². The van der Waals surface area contributed by atoms with E-state index in [1.54, 1.807) is 0 Å². The van der Waals surface area contributed by atoms with Gasteiger partial charge in [0.1, 0.15) is 6.61 Å². The Morgan fingerprint density at radius 1 is 1.08 bits per heavy atom. The van der Waals surface area contributed by atoms with E-state index in [9.17, 15) is 22.8 Å². The summed E-state index contributed by atoms with van der Waals surface area (Å²) in [5.41, 5.74) is -1.25. The van der Waals surface area contributed by atoms with Crippen LogP contribution in [0.15, 0.2) is 36.5 Å². The maximum absolute atomic E-state index is 12.5. The fraction of sp³-hybridized carbons (Fsp3) is 0.133. The Kier molecular flexibility index (Phi) is 4.72. The summed E-state index contributed by atoms with van der Waals surface area (Å²) in [7, 11) is 0. The maximum atomic E-state index is 12.5. The molecule has 126 valence electrons. The van der Waals surface area contributed by atoms with Crippen molar-refractivity contribution in [3.05, 3.63) is 58.9 Å². The highest BCUT2D eigenvalue weighted by Crippen LogP contribution is 2.29. The van der Waals surface area contributed by atoms with Crippen LogP contribution in [0, 0.1) is 0 Å². The summed E-state index contributed by atoms with van der Waals surface area (Å²) in [5, 5.41) is 17.9. The van der Waals surface area contributed by atoms with Crippen LogP contribution in [0.3, 0.4) is 0 Å². The first-order valence-electron chi connectivity index (χ1n) is 6.44. The Bertz CT molecular complexity index is 772. The number of benzene rings is 1. The number of halogens is 3. The van der Waals surface area contributed by atoms with Crippen molar-refractivity contribution in [2.45, 2.75) is 12.8 Å². The normalized spacial score (nSPS) is 11.1. The van der Waals surface area contributed by atoms with E-state index >= 15 is 0 Å². The number of ether oxygens (including phenoxy) is 1. The summed E-state index contributed by atoms with van der Waals surface area (Å²) in [4.78, 5) is 25.4. The lowest BCUT2D eigenvalue weighted by Crippen LogP contribution is -2.09. The molecule has 0 saturated carbocycles. The molecule has 0 unspecified atom stereocenters. The molecule has 0 amide bonds. The summed E-state index contributed by atoms with van der Waals surface area (Å²) < 4.78 is 42.6. The molecule has 0 aliphatic heterocycles. The first kappa shape index (κ1) is 17.3. The van der Waals surface area contributed by atoms with Crippen LogP contribution < -0.4 is 4.74 Å². The van der Waals surface area contributed by atoms with E-state index in [0.717, 1.165) is 24.4 Å². The first-order valence-corrected chi connectivity index (χ1v) is 6.44. The summed E-state index contributed by atoms with van der Waals surface area (Å²) in [6, 6.07) is 5.07. The van der Waals surface area contributed by atoms with E-state index in [0.29, 0.717) is 5.56 Å². The van der Waals surface area contributed by atoms with Crippen LogP contribution in [0.5, 0.6) is 5.75 Å². The zero-order valence-electron chi connectivity index (χ0n) is 11.9. The number of carboxylic acid groups (broad SMARTS) is 2. The van der Waals surface area contributed by atoms with Gasteiger partial charge in [0.2, 0.25) is 0 Å². The number of nitrogens with zero attached hydrogens (tertiary/aromatic N) is 1. The lowest BCUT2D eigenvalue weighted by molar-refractivity contribution is -0.137. The van der Waals surface area contributed by atoms with Crippen LogP contribution in [0.4, 0.5) is 13.2 Å². The molecule has 2 N–H and O–H groups in total. The third-order valence-corrected chi connectivity index (χ3v) is 2.98. The largest absolute Gasteiger partial charge is 0.486 e. The predicted octanol–water partition coefficient (Wildman–Crippen LogP) is 3.08. The van der Waals surface area contributed by atoms with Gasteiger partial charge in [0.15, 0.2) is 11.4 Å². The molecule has 1 aromatic carbocycles. The number of carbonyl (C=O) groups is 2. The molecule has 9 heteroatoms. The number of hydrogen-bond acceptors (Lipinski definition) is 4. The smallest absolute Gasteiger partial charge is 0.416 e. The van der Waals surface area contributed by atoms with Crippen molar-refractivity contribution in [2.75, 3.05) is 0 Å². The molecule has 6 nitrogen and oxygen atoms in total. The summed E-state index contributed by atoms with van der Waals surface area (Å²) in [6.45, 7) is -0.247. The predicted molar refractivity (Wildman–Crippen MR) is 73.9 cm³/mol. The number of pyridine rings is 1. The van der Waals surface area contributed by atoms with Gasteiger partial charge in [-0.3, -0.25) is 0 Å². The first-order chi connectivity index (χ1) is 11.2. The van der Waals surface area contributed by atoms with E-state index in [2.05, 4.69) is 4.98 Å². The molecule has 1 heterocycles. The van der Waals surface area contributed by atoms with Crippen LogP contribution in [0.25, 0.3) is 0 Å². The van der Waals surface area contributed by atoms with Crippen molar-refractivity contribution in [3.8, 4) is 5.75 Å². The molecule has 2 aromatic rings. The Balaban J connectivity index is 2.20. The average molecular weight is 341 g/mol.